The summed E-state index contributed by atoms with van der Waals surface area (Å²) < 4.78 is 3.80. The van der Waals surface area contributed by atoms with Gasteiger partial charge in [-0.05, 0) is 32.3 Å². The zero-order valence-electron chi connectivity index (χ0n) is 13.6. The van der Waals surface area contributed by atoms with E-state index in [0.29, 0.717) is 5.92 Å². The highest BCUT2D eigenvalue weighted by atomic mass is 15.4. The number of aromatic nitrogens is 7. The second-order valence-electron chi connectivity index (χ2n) is 6.22. The van der Waals surface area contributed by atoms with Crippen molar-refractivity contribution in [3.63, 3.8) is 0 Å². The third-order valence-corrected chi connectivity index (χ3v) is 4.82. The van der Waals surface area contributed by atoms with E-state index in [0.717, 1.165) is 48.8 Å². The summed E-state index contributed by atoms with van der Waals surface area (Å²) in [5, 5.41) is 21.0. The fourth-order valence-corrected chi connectivity index (χ4v) is 3.44. The summed E-state index contributed by atoms with van der Waals surface area (Å²) in [4.78, 5) is 2.40. The third-order valence-electron chi connectivity index (χ3n) is 4.82. The topological polar surface area (TPSA) is 77.0 Å². The van der Waals surface area contributed by atoms with Crippen molar-refractivity contribution < 1.29 is 0 Å². The highest BCUT2D eigenvalue weighted by molar-refractivity contribution is 5.72. The maximum Gasteiger partial charge on any atom is 0.201 e. The number of rotatable bonds is 2. The van der Waals surface area contributed by atoms with E-state index in [1.165, 1.54) is 5.56 Å². The lowest BCUT2D eigenvalue weighted by Gasteiger charge is -2.34. The average molecular weight is 312 g/mol. The van der Waals surface area contributed by atoms with Gasteiger partial charge in [0.2, 0.25) is 5.65 Å². The van der Waals surface area contributed by atoms with Gasteiger partial charge in [0.15, 0.2) is 0 Å². The molecule has 4 heterocycles. The molecule has 0 bridgehead atoms. The van der Waals surface area contributed by atoms with E-state index in [4.69, 9.17) is 0 Å². The Morgan fingerprint density at radius 2 is 1.78 bits per heavy atom. The first-order chi connectivity index (χ1) is 11.1. The number of fused-ring (bicyclic) bond motifs is 1. The van der Waals surface area contributed by atoms with Gasteiger partial charge in [-0.25, -0.2) is 0 Å². The summed E-state index contributed by atoms with van der Waals surface area (Å²) in [6.07, 6.45) is 5.57. The summed E-state index contributed by atoms with van der Waals surface area (Å²) in [5.41, 5.74) is 4.20. The maximum absolute atomic E-state index is 4.50. The Balaban J connectivity index is 1.63. The second-order valence-corrected chi connectivity index (χ2v) is 6.22. The molecule has 8 nitrogen and oxygen atoms in total. The number of piperidine rings is 1. The Morgan fingerprint density at radius 1 is 1.04 bits per heavy atom. The molecule has 0 unspecified atom stereocenters. The van der Waals surface area contributed by atoms with E-state index in [2.05, 4.69) is 37.3 Å². The first-order valence-electron chi connectivity index (χ1n) is 7.91. The molecule has 0 saturated carbocycles. The first kappa shape index (κ1) is 14.1. The molecule has 0 aliphatic carbocycles. The summed E-state index contributed by atoms with van der Waals surface area (Å²) in [7, 11) is 2.01. The number of aryl methyl sites for hydroxylation is 2. The van der Waals surface area contributed by atoms with Crippen LogP contribution in [-0.4, -0.2) is 47.7 Å². The lowest BCUT2D eigenvalue weighted by Crippen LogP contribution is -2.34. The van der Waals surface area contributed by atoms with Crippen molar-refractivity contribution in [3.05, 3.63) is 29.7 Å². The van der Waals surface area contributed by atoms with Crippen molar-refractivity contribution in [2.24, 2.45) is 7.05 Å². The molecule has 4 rings (SSSR count). The van der Waals surface area contributed by atoms with Crippen LogP contribution in [0.4, 0.5) is 5.69 Å². The van der Waals surface area contributed by atoms with Crippen LogP contribution >= 0.6 is 0 Å². The predicted octanol–water partition coefficient (Wildman–Crippen LogP) is 1.25. The molecule has 1 aliphatic heterocycles. The van der Waals surface area contributed by atoms with Crippen molar-refractivity contribution in [3.8, 4) is 0 Å². The van der Waals surface area contributed by atoms with Crippen molar-refractivity contribution in [2.45, 2.75) is 32.6 Å². The van der Waals surface area contributed by atoms with Crippen LogP contribution in [0, 0.1) is 13.8 Å². The van der Waals surface area contributed by atoms with Crippen LogP contribution in [0.1, 0.15) is 35.8 Å². The van der Waals surface area contributed by atoms with Crippen LogP contribution in [0.5, 0.6) is 0 Å². The van der Waals surface area contributed by atoms with E-state index in [9.17, 15) is 0 Å². The van der Waals surface area contributed by atoms with Gasteiger partial charge in [0, 0.05) is 26.1 Å². The largest absolute Gasteiger partial charge is 0.368 e. The molecule has 3 aromatic rings. The van der Waals surface area contributed by atoms with Gasteiger partial charge >= 0.3 is 0 Å². The molecule has 8 heteroatoms. The van der Waals surface area contributed by atoms with Crippen LogP contribution in [0.2, 0.25) is 0 Å². The van der Waals surface area contributed by atoms with Crippen molar-refractivity contribution in [1.29, 1.82) is 0 Å². The lowest BCUT2D eigenvalue weighted by atomic mass is 9.95. The molecule has 3 aromatic heterocycles. The number of hydrogen-bond donors (Lipinski definition) is 0. The van der Waals surface area contributed by atoms with Crippen LogP contribution in [0.3, 0.4) is 0 Å². The average Bonchev–Trinajstić information content (AvgIpc) is 3.17. The van der Waals surface area contributed by atoms with Crippen LogP contribution in [0.15, 0.2) is 12.7 Å². The Labute approximate surface area is 134 Å². The van der Waals surface area contributed by atoms with E-state index in [1.54, 1.807) is 17.2 Å². The summed E-state index contributed by atoms with van der Waals surface area (Å²) in [5.74, 6) is 1.55. The van der Waals surface area contributed by atoms with Crippen molar-refractivity contribution in [2.75, 3.05) is 18.0 Å². The smallest absolute Gasteiger partial charge is 0.201 e. The Kier molecular flexibility index (Phi) is 3.24. The molecule has 0 atom stereocenters. The Hall–Kier alpha value is -2.51. The SMILES string of the molecule is Cc1nn2cnnc2c(N2CCC(c3nncn3C)CC2)c1C. The minimum atomic E-state index is 0.468. The van der Waals surface area contributed by atoms with Gasteiger partial charge < -0.3 is 9.47 Å². The Bertz CT molecular complexity index is 840. The van der Waals surface area contributed by atoms with E-state index < -0.39 is 0 Å². The van der Waals surface area contributed by atoms with Crippen molar-refractivity contribution in [1.82, 2.24) is 34.6 Å². The van der Waals surface area contributed by atoms with E-state index in [1.807, 2.05) is 18.5 Å². The van der Waals surface area contributed by atoms with Gasteiger partial charge in [-0.1, -0.05) is 0 Å². The second kappa shape index (κ2) is 5.29. The van der Waals surface area contributed by atoms with Crippen LogP contribution < -0.4 is 4.90 Å². The maximum atomic E-state index is 4.50. The lowest BCUT2D eigenvalue weighted by molar-refractivity contribution is 0.473. The highest BCUT2D eigenvalue weighted by Crippen LogP contribution is 2.32. The fourth-order valence-electron chi connectivity index (χ4n) is 3.44. The van der Waals surface area contributed by atoms with E-state index >= 15 is 0 Å². The number of anilines is 1. The van der Waals surface area contributed by atoms with Gasteiger partial charge in [-0.2, -0.15) is 9.61 Å². The van der Waals surface area contributed by atoms with Crippen molar-refractivity contribution >= 4 is 11.3 Å². The zero-order chi connectivity index (χ0) is 16.0. The molecule has 1 aliphatic rings. The molecule has 23 heavy (non-hydrogen) atoms. The molecular formula is C15H20N8. The highest BCUT2D eigenvalue weighted by Gasteiger charge is 2.27. The third kappa shape index (κ3) is 2.25. The summed E-state index contributed by atoms with van der Waals surface area (Å²) in [6, 6.07) is 0. The molecule has 0 N–H and O–H groups in total. The van der Waals surface area contributed by atoms with Gasteiger partial charge in [0.05, 0.1) is 11.4 Å². The molecule has 0 aromatic carbocycles. The number of hydrogen-bond acceptors (Lipinski definition) is 6. The quantitative estimate of drug-likeness (QED) is 0.709. The van der Waals surface area contributed by atoms with Gasteiger partial charge in [-0.15, -0.1) is 20.4 Å². The molecule has 1 saturated heterocycles. The number of nitrogens with zero attached hydrogens (tertiary/aromatic N) is 8. The normalized spacial score (nSPS) is 16.4. The minimum Gasteiger partial charge on any atom is -0.368 e. The Morgan fingerprint density at radius 3 is 2.48 bits per heavy atom. The molecule has 0 spiro atoms. The molecule has 0 radical (unpaired) electrons. The van der Waals surface area contributed by atoms with Gasteiger partial charge in [0.25, 0.3) is 0 Å². The van der Waals surface area contributed by atoms with E-state index in [-0.39, 0.29) is 0 Å². The fraction of sp³-hybridized carbons (Fsp3) is 0.533. The first-order valence-corrected chi connectivity index (χ1v) is 7.91. The minimum absolute atomic E-state index is 0.468. The van der Waals surface area contributed by atoms with Gasteiger partial charge in [0.1, 0.15) is 18.5 Å². The molecule has 1 fully saturated rings. The zero-order valence-corrected chi connectivity index (χ0v) is 13.6. The molecular weight excluding hydrogens is 292 g/mol. The van der Waals surface area contributed by atoms with Crippen LogP contribution in [0.25, 0.3) is 5.65 Å². The van der Waals surface area contributed by atoms with Crippen LogP contribution in [-0.2, 0) is 7.05 Å². The molecule has 120 valence electrons. The standard InChI is InChI=1S/C15H20N8/c1-10-11(2)20-23-9-17-19-15(23)13(10)22-6-4-12(5-7-22)14-18-16-8-21(14)3/h8-9,12H,4-7H2,1-3H3. The summed E-state index contributed by atoms with van der Waals surface area (Å²) >= 11 is 0. The summed E-state index contributed by atoms with van der Waals surface area (Å²) in [6.45, 7) is 6.10. The molecule has 0 amide bonds. The predicted molar refractivity (Wildman–Crippen MR) is 85.4 cm³/mol. The monoisotopic (exact) mass is 312 g/mol. The van der Waals surface area contributed by atoms with Gasteiger partial charge in [-0.3, -0.25) is 0 Å².